The largest absolute Gasteiger partial charge is 0.491 e. The molecule has 0 bridgehead atoms. The first-order valence-electron chi connectivity index (χ1n) is 10.9. The molecule has 184 valence electrons. The molecular formula is C27H21Cl2NO5S. The van der Waals surface area contributed by atoms with Crippen molar-refractivity contribution in [3.05, 3.63) is 97.9 Å². The maximum absolute atomic E-state index is 13.0. The summed E-state index contributed by atoms with van der Waals surface area (Å²) >= 11 is 13.0. The van der Waals surface area contributed by atoms with Gasteiger partial charge in [0.2, 0.25) is 0 Å². The molecule has 0 atom stereocenters. The molecule has 0 radical (unpaired) electrons. The first kappa shape index (κ1) is 25.8. The second-order valence-electron chi connectivity index (χ2n) is 8.00. The van der Waals surface area contributed by atoms with Crippen molar-refractivity contribution in [3.63, 3.8) is 0 Å². The molecule has 3 aromatic carbocycles. The van der Waals surface area contributed by atoms with Gasteiger partial charge in [-0.05, 0) is 79.2 Å². The quantitative estimate of drug-likeness (QED) is 0.183. The third-order valence-electron chi connectivity index (χ3n) is 5.34. The van der Waals surface area contributed by atoms with Gasteiger partial charge in [-0.25, -0.2) is 4.79 Å². The van der Waals surface area contributed by atoms with Crippen LogP contribution in [-0.4, -0.2) is 35.2 Å². The minimum Gasteiger partial charge on any atom is -0.491 e. The highest BCUT2D eigenvalue weighted by Crippen LogP contribution is 2.35. The standard InChI is InChI=1S/C27H21Cl2NO5S/c1-16-7-8-17(2)23(13-16)34-12-11-30-25(31)24(36-27(30)33)15-18-14-19(28)9-10-22(18)35-26(32)20-5-3-4-6-21(20)29/h3-10,13-15H,11-12H2,1-2H3/b24-15-. The third-order valence-corrected chi connectivity index (χ3v) is 6.82. The van der Waals surface area contributed by atoms with E-state index in [-0.39, 0.29) is 34.4 Å². The van der Waals surface area contributed by atoms with E-state index >= 15 is 0 Å². The topological polar surface area (TPSA) is 72.9 Å². The van der Waals surface area contributed by atoms with Crippen molar-refractivity contribution >= 4 is 58.2 Å². The second kappa shape index (κ2) is 11.2. The Kier molecular flexibility index (Phi) is 8.04. The van der Waals surface area contributed by atoms with E-state index in [9.17, 15) is 14.4 Å². The Bertz CT molecular complexity index is 1390. The molecule has 1 aliphatic rings. The van der Waals surface area contributed by atoms with Crippen LogP contribution >= 0.6 is 35.0 Å². The molecule has 0 spiro atoms. The van der Waals surface area contributed by atoms with Crippen LogP contribution in [0.1, 0.15) is 27.0 Å². The molecule has 1 fully saturated rings. The lowest BCUT2D eigenvalue weighted by atomic mass is 10.1. The van der Waals surface area contributed by atoms with Crippen molar-refractivity contribution < 1.29 is 23.9 Å². The van der Waals surface area contributed by atoms with Gasteiger partial charge in [0, 0.05) is 10.6 Å². The van der Waals surface area contributed by atoms with Crippen molar-refractivity contribution in [3.8, 4) is 11.5 Å². The summed E-state index contributed by atoms with van der Waals surface area (Å²) < 4.78 is 11.3. The summed E-state index contributed by atoms with van der Waals surface area (Å²) in [6, 6.07) is 17.0. The van der Waals surface area contributed by atoms with Crippen molar-refractivity contribution in [2.24, 2.45) is 0 Å². The Labute approximate surface area is 222 Å². The van der Waals surface area contributed by atoms with Gasteiger partial charge < -0.3 is 9.47 Å². The first-order chi connectivity index (χ1) is 17.2. The molecule has 0 aliphatic carbocycles. The van der Waals surface area contributed by atoms with Gasteiger partial charge in [-0.2, -0.15) is 0 Å². The lowest BCUT2D eigenvalue weighted by Gasteiger charge is -2.14. The molecule has 1 heterocycles. The number of rotatable bonds is 7. The van der Waals surface area contributed by atoms with Gasteiger partial charge >= 0.3 is 5.97 Å². The number of carbonyl (C=O) groups excluding carboxylic acids is 3. The van der Waals surface area contributed by atoms with Crippen LogP contribution in [0.25, 0.3) is 6.08 Å². The summed E-state index contributed by atoms with van der Waals surface area (Å²) in [5.41, 5.74) is 2.59. The Hall–Kier alpha value is -3.26. The highest BCUT2D eigenvalue weighted by Gasteiger charge is 2.35. The molecule has 1 saturated heterocycles. The van der Waals surface area contributed by atoms with Gasteiger partial charge in [0.25, 0.3) is 11.1 Å². The summed E-state index contributed by atoms with van der Waals surface area (Å²) in [5.74, 6) is -0.233. The Morgan fingerprint density at radius 1 is 1.00 bits per heavy atom. The van der Waals surface area contributed by atoms with Gasteiger partial charge in [0.05, 0.1) is 22.0 Å². The van der Waals surface area contributed by atoms with E-state index in [1.807, 2.05) is 32.0 Å². The lowest BCUT2D eigenvalue weighted by molar-refractivity contribution is -0.123. The van der Waals surface area contributed by atoms with E-state index in [1.165, 1.54) is 12.1 Å². The zero-order valence-electron chi connectivity index (χ0n) is 19.4. The minimum atomic E-state index is -0.658. The average Bonchev–Trinajstić information content (AvgIpc) is 3.10. The molecule has 2 amide bonds. The molecule has 4 rings (SSSR count). The highest BCUT2D eigenvalue weighted by molar-refractivity contribution is 8.18. The Morgan fingerprint density at radius 3 is 2.56 bits per heavy atom. The van der Waals surface area contributed by atoms with Crippen LogP contribution in [0.4, 0.5) is 4.79 Å². The number of carbonyl (C=O) groups is 3. The number of amides is 2. The third kappa shape index (κ3) is 5.93. The van der Waals surface area contributed by atoms with E-state index in [0.717, 1.165) is 27.8 Å². The highest BCUT2D eigenvalue weighted by atomic mass is 35.5. The Morgan fingerprint density at radius 2 is 1.78 bits per heavy atom. The number of nitrogens with zero attached hydrogens (tertiary/aromatic N) is 1. The van der Waals surface area contributed by atoms with Crippen molar-refractivity contribution in [1.82, 2.24) is 4.90 Å². The first-order valence-corrected chi connectivity index (χ1v) is 12.5. The molecule has 3 aromatic rings. The number of halogens is 2. The van der Waals surface area contributed by atoms with Crippen molar-refractivity contribution in [1.29, 1.82) is 0 Å². The predicted octanol–water partition coefficient (Wildman–Crippen LogP) is 6.94. The number of imide groups is 1. The maximum atomic E-state index is 13.0. The van der Waals surface area contributed by atoms with Crippen LogP contribution in [0, 0.1) is 13.8 Å². The fraction of sp³-hybridized carbons (Fsp3) is 0.148. The lowest BCUT2D eigenvalue weighted by Crippen LogP contribution is -2.32. The van der Waals surface area contributed by atoms with Crippen LogP contribution in [0.3, 0.4) is 0 Å². The van der Waals surface area contributed by atoms with Gasteiger partial charge in [0.15, 0.2) is 0 Å². The normalized spacial score (nSPS) is 14.4. The second-order valence-corrected chi connectivity index (χ2v) is 9.84. The van der Waals surface area contributed by atoms with Crippen molar-refractivity contribution in [2.75, 3.05) is 13.2 Å². The number of thioether (sulfide) groups is 1. The van der Waals surface area contributed by atoms with Crippen LogP contribution in [0.2, 0.25) is 10.0 Å². The summed E-state index contributed by atoms with van der Waals surface area (Å²) in [5, 5.41) is 0.217. The molecule has 0 aromatic heterocycles. The number of benzene rings is 3. The molecule has 0 saturated carbocycles. The predicted molar refractivity (Wildman–Crippen MR) is 142 cm³/mol. The Balaban J connectivity index is 1.49. The van der Waals surface area contributed by atoms with Crippen LogP contribution in [0.15, 0.2) is 65.6 Å². The van der Waals surface area contributed by atoms with Crippen molar-refractivity contribution in [2.45, 2.75) is 13.8 Å². The van der Waals surface area contributed by atoms with E-state index in [2.05, 4.69) is 0 Å². The van der Waals surface area contributed by atoms with Crippen LogP contribution < -0.4 is 9.47 Å². The van der Waals surface area contributed by atoms with Gasteiger partial charge in [-0.1, -0.05) is 47.5 Å². The number of hydrogen-bond acceptors (Lipinski definition) is 6. The van der Waals surface area contributed by atoms with E-state index in [0.29, 0.717) is 16.3 Å². The zero-order valence-corrected chi connectivity index (χ0v) is 21.7. The van der Waals surface area contributed by atoms with Gasteiger partial charge in [-0.15, -0.1) is 0 Å². The van der Waals surface area contributed by atoms with Crippen LogP contribution in [0.5, 0.6) is 11.5 Å². The number of aryl methyl sites for hydroxylation is 2. The minimum absolute atomic E-state index is 0.0965. The molecule has 0 N–H and O–H groups in total. The molecule has 36 heavy (non-hydrogen) atoms. The smallest absolute Gasteiger partial charge is 0.345 e. The average molecular weight is 542 g/mol. The summed E-state index contributed by atoms with van der Waals surface area (Å²) in [6.07, 6.45) is 1.48. The fourth-order valence-corrected chi connectivity index (χ4v) is 4.70. The van der Waals surface area contributed by atoms with E-state index < -0.39 is 17.1 Å². The van der Waals surface area contributed by atoms with Gasteiger partial charge in [-0.3, -0.25) is 14.5 Å². The summed E-state index contributed by atoms with van der Waals surface area (Å²) in [4.78, 5) is 39.5. The van der Waals surface area contributed by atoms with E-state index in [1.54, 1.807) is 36.4 Å². The monoisotopic (exact) mass is 541 g/mol. The van der Waals surface area contributed by atoms with Gasteiger partial charge in [0.1, 0.15) is 18.1 Å². The zero-order chi connectivity index (χ0) is 25.8. The molecular weight excluding hydrogens is 521 g/mol. The maximum Gasteiger partial charge on any atom is 0.345 e. The molecule has 6 nitrogen and oxygen atoms in total. The fourth-order valence-electron chi connectivity index (χ4n) is 3.45. The number of hydrogen-bond donors (Lipinski definition) is 0. The molecule has 1 aliphatic heterocycles. The summed E-state index contributed by atoms with van der Waals surface area (Å²) in [7, 11) is 0. The SMILES string of the molecule is Cc1ccc(C)c(OCCN2C(=O)S/C(=C\c3cc(Cl)ccc3OC(=O)c3ccccc3Cl)C2=O)c1. The molecule has 0 unspecified atom stereocenters. The number of ether oxygens (including phenoxy) is 2. The number of esters is 1. The van der Waals surface area contributed by atoms with Crippen LogP contribution in [-0.2, 0) is 4.79 Å². The van der Waals surface area contributed by atoms with E-state index in [4.69, 9.17) is 32.7 Å². The molecule has 9 heteroatoms. The summed E-state index contributed by atoms with van der Waals surface area (Å²) in [6.45, 7) is 4.15.